The normalized spacial score (nSPS) is 22.4. The summed E-state index contributed by atoms with van der Waals surface area (Å²) >= 11 is 0. The number of benzene rings is 1. The van der Waals surface area contributed by atoms with Crippen LogP contribution in [0.2, 0.25) is 0 Å². The number of likely N-dealkylation sites (N-methyl/N-ethyl adjacent to an activating group) is 1. The third kappa shape index (κ3) is 2.35. The molecule has 0 N–H and O–H groups in total. The zero-order valence-electron chi connectivity index (χ0n) is 12.1. The molecule has 1 aromatic carbocycles. The van der Waals surface area contributed by atoms with Gasteiger partial charge in [-0.1, -0.05) is 0 Å². The van der Waals surface area contributed by atoms with E-state index in [4.69, 9.17) is 4.74 Å². The summed E-state index contributed by atoms with van der Waals surface area (Å²) in [5.74, 6) is 0.959. The summed E-state index contributed by atoms with van der Waals surface area (Å²) < 4.78 is 8.15. The largest absolute Gasteiger partial charge is 0.491 e. The molecule has 2 aromatic rings. The van der Waals surface area contributed by atoms with Crippen molar-refractivity contribution in [3.05, 3.63) is 30.5 Å². The maximum Gasteiger partial charge on any atom is 0.120 e. The van der Waals surface area contributed by atoms with Gasteiger partial charge in [0.15, 0.2) is 0 Å². The average Bonchev–Trinajstić information content (AvgIpc) is 3.03. The first-order valence-corrected chi connectivity index (χ1v) is 7.00. The molecule has 3 heteroatoms. The zero-order chi connectivity index (χ0) is 13.6. The Morgan fingerprint density at radius 3 is 2.68 bits per heavy atom. The Balaban J connectivity index is 1.88. The Bertz CT molecular complexity index is 585. The molecule has 0 amide bonds. The number of fused-ring (bicyclic) bond motifs is 1. The highest BCUT2D eigenvalue weighted by Crippen LogP contribution is 2.41. The standard InChI is InChI=1S/C16H22N2O/c1-11(2)19-13-5-6-14-12(9-13)7-8-18(14)16-10-15(16)17(3)4/h5-9,11,15-16H,10H2,1-4H3. The molecule has 3 nitrogen and oxygen atoms in total. The van der Waals surface area contributed by atoms with Crippen molar-refractivity contribution in [3.63, 3.8) is 0 Å². The molecule has 2 unspecified atom stereocenters. The van der Waals surface area contributed by atoms with Crippen LogP contribution in [0, 0.1) is 0 Å². The van der Waals surface area contributed by atoms with E-state index in [0.717, 1.165) is 5.75 Å². The highest BCUT2D eigenvalue weighted by Gasteiger charge is 2.40. The van der Waals surface area contributed by atoms with Crippen LogP contribution in [-0.4, -0.2) is 35.7 Å². The second-order valence-electron chi connectivity index (χ2n) is 5.94. The molecule has 1 aromatic heterocycles. The predicted molar refractivity (Wildman–Crippen MR) is 78.8 cm³/mol. The van der Waals surface area contributed by atoms with E-state index in [9.17, 15) is 0 Å². The molecule has 102 valence electrons. The van der Waals surface area contributed by atoms with Gasteiger partial charge in [-0.05, 0) is 58.6 Å². The van der Waals surface area contributed by atoms with E-state index < -0.39 is 0 Å². The molecule has 19 heavy (non-hydrogen) atoms. The molecule has 1 saturated carbocycles. The molecule has 0 radical (unpaired) electrons. The SMILES string of the molecule is CC(C)Oc1ccc2c(ccn2C2CC2N(C)C)c1. The van der Waals surface area contributed by atoms with Crippen LogP contribution in [0.4, 0.5) is 0 Å². The van der Waals surface area contributed by atoms with Crippen molar-refractivity contribution in [2.45, 2.75) is 38.5 Å². The van der Waals surface area contributed by atoms with Crippen LogP contribution >= 0.6 is 0 Å². The number of hydrogen-bond donors (Lipinski definition) is 0. The maximum atomic E-state index is 5.75. The Hall–Kier alpha value is -1.48. The Kier molecular flexibility index (Phi) is 3.02. The molecule has 2 atom stereocenters. The van der Waals surface area contributed by atoms with Crippen LogP contribution in [0.5, 0.6) is 5.75 Å². The number of ether oxygens (including phenoxy) is 1. The van der Waals surface area contributed by atoms with Crippen molar-refractivity contribution < 1.29 is 4.74 Å². The van der Waals surface area contributed by atoms with Crippen molar-refractivity contribution in [1.29, 1.82) is 0 Å². The minimum atomic E-state index is 0.223. The van der Waals surface area contributed by atoms with Crippen LogP contribution < -0.4 is 4.74 Å². The number of hydrogen-bond acceptors (Lipinski definition) is 2. The Morgan fingerprint density at radius 1 is 1.26 bits per heavy atom. The van der Waals surface area contributed by atoms with Gasteiger partial charge in [-0.3, -0.25) is 0 Å². The molecule has 1 aliphatic rings. The van der Waals surface area contributed by atoms with Gasteiger partial charge in [-0.15, -0.1) is 0 Å². The zero-order valence-corrected chi connectivity index (χ0v) is 12.1. The van der Waals surface area contributed by atoms with Gasteiger partial charge < -0.3 is 14.2 Å². The van der Waals surface area contributed by atoms with Crippen molar-refractivity contribution in [2.75, 3.05) is 14.1 Å². The third-order valence-corrected chi connectivity index (χ3v) is 3.81. The van der Waals surface area contributed by atoms with Crippen molar-refractivity contribution in [3.8, 4) is 5.75 Å². The summed E-state index contributed by atoms with van der Waals surface area (Å²) in [6, 6.07) is 9.89. The van der Waals surface area contributed by atoms with E-state index in [0.29, 0.717) is 12.1 Å². The summed E-state index contributed by atoms with van der Waals surface area (Å²) in [6.07, 6.45) is 3.68. The first kappa shape index (κ1) is 12.5. The Labute approximate surface area is 114 Å². The lowest BCUT2D eigenvalue weighted by atomic mass is 10.2. The molecular formula is C16H22N2O. The Morgan fingerprint density at radius 2 is 2.05 bits per heavy atom. The van der Waals surface area contributed by atoms with Gasteiger partial charge in [0.05, 0.1) is 12.1 Å². The minimum absolute atomic E-state index is 0.223. The smallest absolute Gasteiger partial charge is 0.120 e. The molecule has 1 fully saturated rings. The van der Waals surface area contributed by atoms with Crippen molar-refractivity contribution in [1.82, 2.24) is 9.47 Å². The third-order valence-electron chi connectivity index (χ3n) is 3.81. The molecule has 1 heterocycles. The van der Waals surface area contributed by atoms with Gasteiger partial charge in [-0.2, -0.15) is 0 Å². The van der Waals surface area contributed by atoms with Crippen LogP contribution in [0.25, 0.3) is 10.9 Å². The quantitative estimate of drug-likeness (QED) is 0.837. The molecule has 0 bridgehead atoms. The number of nitrogens with zero attached hydrogens (tertiary/aromatic N) is 2. The highest BCUT2D eigenvalue weighted by atomic mass is 16.5. The van der Waals surface area contributed by atoms with Crippen LogP contribution in [0.1, 0.15) is 26.3 Å². The lowest BCUT2D eigenvalue weighted by Crippen LogP contribution is -2.17. The second-order valence-corrected chi connectivity index (χ2v) is 5.94. The van der Waals surface area contributed by atoms with Crippen LogP contribution in [-0.2, 0) is 0 Å². The van der Waals surface area contributed by atoms with E-state index in [1.165, 1.54) is 17.3 Å². The molecule has 1 aliphatic carbocycles. The summed E-state index contributed by atoms with van der Waals surface area (Å²) in [4.78, 5) is 2.31. The molecule has 0 spiro atoms. The molecule has 0 saturated heterocycles. The van der Waals surface area contributed by atoms with Crippen molar-refractivity contribution >= 4 is 10.9 Å². The van der Waals surface area contributed by atoms with E-state index in [1.807, 2.05) is 0 Å². The highest BCUT2D eigenvalue weighted by molar-refractivity contribution is 5.82. The van der Waals surface area contributed by atoms with Gasteiger partial charge in [-0.25, -0.2) is 0 Å². The molecular weight excluding hydrogens is 236 g/mol. The van der Waals surface area contributed by atoms with Gasteiger partial charge in [0, 0.05) is 23.1 Å². The van der Waals surface area contributed by atoms with Gasteiger partial charge >= 0.3 is 0 Å². The fraction of sp³-hybridized carbons (Fsp3) is 0.500. The second kappa shape index (κ2) is 4.57. The van der Waals surface area contributed by atoms with Gasteiger partial charge in [0.2, 0.25) is 0 Å². The fourth-order valence-electron chi connectivity index (χ4n) is 2.80. The van der Waals surface area contributed by atoms with Crippen molar-refractivity contribution in [2.24, 2.45) is 0 Å². The maximum absolute atomic E-state index is 5.75. The van der Waals surface area contributed by atoms with E-state index >= 15 is 0 Å². The monoisotopic (exact) mass is 258 g/mol. The lowest BCUT2D eigenvalue weighted by molar-refractivity contribution is 0.243. The lowest BCUT2D eigenvalue weighted by Gasteiger charge is -2.12. The summed E-state index contributed by atoms with van der Waals surface area (Å²) in [5, 5.41) is 1.27. The van der Waals surface area contributed by atoms with E-state index in [1.54, 1.807) is 0 Å². The molecule has 3 rings (SSSR count). The van der Waals surface area contributed by atoms with Crippen LogP contribution in [0.15, 0.2) is 30.5 Å². The predicted octanol–water partition coefficient (Wildman–Crippen LogP) is 3.30. The van der Waals surface area contributed by atoms with Gasteiger partial charge in [0.1, 0.15) is 5.75 Å². The summed E-state index contributed by atoms with van der Waals surface area (Å²) in [5.41, 5.74) is 1.31. The topological polar surface area (TPSA) is 17.4 Å². The van der Waals surface area contributed by atoms with Crippen LogP contribution in [0.3, 0.4) is 0 Å². The average molecular weight is 258 g/mol. The van der Waals surface area contributed by atoms with E-state index in [-0.39, 0.29) is 6.10 Å². The number of rotatable bonds is 4. The van der Waals surface area contributed by atoms with E-state index in [2.05, 4.69) is 67.9 Å². The minimum Gasteiger partial charge on any atom is -0.491 e. The number of aromatic nitrogens is 1. The summed E-state index contributed by atoms with van der Waals surface area (Å²) in [6.45, 7) is 4.11. The first-order chi connectivity index (χ1) is 9.06. The fourth-order valence-corrected chi connectivity index (χ4v) is 2.80. The summed E-state index contributed by atoms with van der Waals surface area (Å²) in [7, 11) is 4.32. The molecule has 0 aliphatic heterocycles. The first-order valence-electron chi connectivity index (χ1n) is 7.00. The van der Waals surface area contributed by atoms with Gasteiger partial charge in [0.25, 0.3) is 0 Å².